The molecule has 1 aromatic heterocycles. The van der Waals surface area contributed by atoms with Crippen LogP contribution in [0.4, 0.5) is 8.78 Å². The Morgan fingerprint density at radius 3 is 2.76 bits per heavy atom. The summed E-state index contributed by atoms with van der Waals surface area (Å²) in [6.07, 6.45) is -2.96. The molecule has 1 aromatic rings. The van der Waals surface area contributed by atoms with Crippen LogP contribution in [-0.4, -0.2) is 18.1 Å². The van der Waals surface area contributed by atoms with Gasteiger partial charge in [0, 0.05) is 6.54 Å². The summed E-state index contributed by atoms with van der Waals surface area (Å²) in [4.78, 5) is 14.6. The first kappa shape index (κ1) is 13.0. The minimum Gasteiger partial charge on any atom is -0.464 e. The quantitative estimate of drug-likeness (QED) is 0.801. The molecule has 1 heterocycles. The van der Waals surface area contributed by atoms with Crippen molar-refractivity contribution in [2.45, 2.75) is 13.0 Å². The van der Waals surface area contributed by atoms with Crippen LogP contribution in [0.15, 0.2) is 6.07 Å². The summed E-state index contributed by atoms with van der Waals surface area (Å²) in [5, 5.41) is 8.77. The number of halogens is 2. The van der Waals surface area contributed by atoms with Gasteiger partial charge in [0.05, 0.1) is 12.7 Å². The lowest BCUT2D eigenvalue weighted by Gasteiger charge is -2.09. The summed E-state index contributed by atoms with van der Waals surface area (Å²) in [5.41, 5.74) is 4.13. The first-order valence-corrected chi connectivity index (χ1v) is 4.55. The molecule has 0 saturated carbocycles. The fourth-order valence-corrected chi connectivity index (χ4v) is 1.28. The maximum atomic E-state index is 12.7. The lowest BCUT2D eigenvalue weighted by molar-refractivity contribution is 0.0592. The van der Waals surface area contributed by atoms with Gasteiger partial charge in [-0.15, -0.1) is 0 Å². The van der Waals surface area contributed by atoms with Crippen LogP contribution in [0.25, 0.3) is 0 Å². The fraction of sp³-hybridized carbons (Fsp3) is 0.300. The van der Waals surface area contributed by atoms with Gasteiger partial charge in [0.25, 0.3) is 6.43 Å². The first-order valence-electron chi connectivity index (χ1n) is 4.55. The number of ether oxygens (including phenoxy) is 1. The van der Waals surface area contributed by atoms with Crippen LogP contribution in [0.5, 0.6) is 0 Å². The third-order valence-electron chi connectivity index (χ3n) is 2.06. The largest absolute Gasteiger partial charge is 0.464 e. The van der Waals surface area contributed by atoms with Crippen LogP contribution in [0.1, 0.15) is 33.7 Å². The van der Waals surface area contributed by atoms with Crippen LogP contribution < -0.4 is 5.73 Å². The molecule has 0 radical (unpaired) electrons. The molecule has 2 N–H and O–H groups in total. The van der Waals surface area contributed by atoms with Gasteiger partial charge in [-0.05, 0) is 11.6 Å². The van der Waals surface area contributed by atoms with E-state index in [1.165, 1.54) is 6.07 Å². The Kier molecular flexibility index (Phi) is 4.06. The Hall–Kier alpha value is -2.07. The third kappa shape index (κ3) is 2.54. The fourth-order valence-electron chi connectivity index (χ4n) is 1.28. The van der Waals surface area contributed by atoms with E-state index in [9.17, 15) is 13.6 Å². The number of hydrogen-bond acceptors (Lipinski definition) is 5. The summed E-state index contributed by atoms with van der Waals surface area (Å²) in [5.74, 6) is -0.855. The number of nitrogens with two attached hydrogens (primary N) is 1. The molecule has 0 fully saturated rings. The number of nitrogens with zero attached hydrogens (tertiary/aromatic N) is 2. The molecule has 0 aliphatic carbocycles. The number of pyridine rings is 1. The highest BCUT2D eigenvalue weighted by atomic mass is 19.3. The van der Waals surface area contributed by atoms with Gasteiger partial charge in [0.2, 0.25) is 0 Å². The monoisotopic (exact) mass is 241 g/mol. The molecular weight excluding hydrogens is 232 g/mol. The topological polar surface area (TPSA) is 89.0 Å². The number of esters is 1. The molecule has 7 heteroatoms. The summed E-state index contributed by atoms with van der Waals surface area (Å²) in [6, 6.07) is 2.78. The zero-order chi connectivity index (χ0) is 13.0. The second-order valence-electron chi connectivity index (χ2n) is 3.04. The van der Waals surface area contributed by atoms with E-state index >= 15 is 0 Å². The van der Waals surface area contributed by atoms with Crippen LogP contribution in [0.3, 0.4) is 0 Å². The van der Waals surface area contributed by atoms with E-state index in [1.807, 2.05) is 0 Å². The Balaban J connectivity index is 3.47. The van der Waals surface area contributed by atoms with E-state index in [4.69, 9.17) is 11.0 Å². The SMILES string of the molecule is COC(=O)c1cc(CN)c(C#N)c(C(F)F)n1. The number of aromatic nitrogens is 1. The zero-order valence-corrected chi connectivity index (χ0v) is 8.91. The van der Waals surface area contributed by atoms with Gasteiger partial charge in [-0.3, -0.25) is 0 Å². The normalized spacial score (nSPS) is 10.1. The van der Waals surface area contributed by atoms with Crippen molar-refractivity contribution in [3.05, 3.63) is 28.6 Å². The molecular formula is C10H9F2N3O2. The number of carbonyl (C=O) groups excluding carboxylic acids is 1. The van der Waals surface area contributed by atoms with Gasteiger partial charge >= 0.3 is 5.97 Å². The lowest BCUT2D eigenvalue weighted by atomic mass is 10.1. The minimum absolute atomic E-state index is 0.137. The van der Waals surface area contributed by atoms with Crippen molar-refractivity contribution in [2.24, 2.45) is 5.73 Å². The van der Waals surface area contributed by atoms with Gasteiger partial charge in [-0.2, -0.15) is 5.26 Å². The van der Waals surface area contributed by atoms with Crippen molar-refractivity contribution < 1.29 is 18.3 Å². The molecule has 1 rings (SSSR count). The lowest BCUT2D eigenvalue weighted by Crippen LogP contribution is -2.12. The van der Waals surface area contributed by atoms with Crippen molar-refractivity contribution in [3.63, 3.8) is 0 Å². The van der Waals surface area contributed by atoms with E-state index in [1.54, 1.807) is 6.07 Å². The van der Waals surface area contributed by atoms with Gasteiger partial charge in [0.15, 0.2) is 0 Å². The van der Waals surface area contributed by atoms with E-state index in [2.05, 4.69) is 9.72 Å². The van der Waals surface area contributed by atoms with Gasteiger partial charge in [-0.1, -0.05) is 0 Å². The average Bonchev–Trinajstić information content (AvgIpc) is 2.35. The van der Waals surface area contributed by atoms with Gasteiger partial charge in [0.1, 0.15) is 17.5 Å². The second kappa shape index (κ2) is 5.32. The minimum atomic E-state index is -2.96. The summed E-state index contributed by atoms with van der Waals surface area (Å²) in [7, 11) is 1.10. The van der Waals surface area contributed by atoms with E-state index < -0.39 is 18.1 Å². The second-order valence-corrected chi connectivity index (χ2v) is 3.04. The van der Waals surface area contributed by atoms with Crippen LogP contribution in [-0.2, 0) is 11.3 Å². The standard InChI is InChI=1S/C10H9F2N3O2/c1-17-10(16)7-2-5(3-13)6(4-14)8(15-7)9(11)12/h2,9H,3,13H2,1H3. The molecule has 0 atom stereocenters. The Morgan fingerprint density at radius 2 is 2.35 bits per heavy atom. The van der Waals surface area contributed by atoms with E-state index in [0.717, 1.165) is 7.11 Å². The summed E-state index contributed by atoms with van der Waals surface area (Å²) < 4.78 is 29.7. The van der Waals surface area contributed by atoms with E-state index in [-0.39, 0.29) is 23.4 Å². The smallest absolute Gasteiger partial charge is 0.356 e. The number of nitriles is 1. The average molecular weight is 241 g/mol. The molecule has 0 aliphatic rings. The molecule has 17 heavy (non-hydrogen) atoms. The maximum Gasteiger partial charge on any atom is 0.356 e. The number of alkyl halides is 2. The van der Waals surface area contributed by atoms with Crippen LogP contribution in [0, 0.1) is 11.3 Å². The molecule has 90 valence electrons. The number of methoxy groups -OCH3 is 1. The van der Waals surface area contributed by atoms with Gasteiger partial charge < -0.3 is 10.5 Å². The highest BCUT2D eigenvalue weighted by Gasteiger charge is 2.21. The predicted molar refractivity (Wildman–Crippen MR) is 53.1 cm³/mol. The van der Waals surface area contributed by atoms with Crippen molar-refractivity contribution in [3.8, 4) is 6.07 Å². The van der Waals surface area contributed by atoms with Crippen LogP contribution in [0.2, 0.25) is 0 Å². The molecule has 0 unspecified atom stereocenters. The molecule has 0 saturated heterocycles. The predicted octanol–water partition coefficient (Wildman–Crippen LogP) is 1.14. The molecule has 0 aliphatic heterocycles. The van der Waals surface area contributed by atoms with Crippen molar-refractivity contribution in [1.29, 1.82) is 5.26 Å². The Morgan fingerprint density at radius 1 is 1.71 bits per heavy atom. The Labute approximate surface area is 95.8 Å². The molecule has 0 amide bonds. The number of rotatable bonds is 3. The van der Waals surface area contributed by atoms with Crippen molar-refractivity contribution >= 4 is 5.97 Å². The van der Waals surface area contributed by atoms with Crippen molar-refractivity contribution in [2.75, 3.05) is 7.11 Å². The molecule has 5 nitrogen and oxygen atoms in total. The molecule has 0 aromatic carbocycles. The summed E-state index contributed by atoms with van der Waals surface area (Å²) >= 11 is 0. The molecule has 0 spiro atoms. The zero-order valence-electron chi connectivity index (χ0n) is 8.91. The van der Waals surface area contributed by atoms with Gasteiger partial charge in [-0.25, -0.2) is 18.6 Å². The molecule has 0 bridgehead atoms. The highest BCUT2D eigenvalue weighted by Crippen LogP contribution is 2.24. The first-order chi connectivity index (χ1) is 8.04. The number of hydrogen-bond donors (Lipinski definition) is 1. The maximum absolute atomic E-state index is 12.7. The third-order valence-corrected chi connectivity index (χ3v) is 2.06. The summed E-state index contributed by atoms with van der Waals surface area (Å²) in [6.45, 7) is -0.144. The van der Waals surface area contributed by atoms with Crippen LogP contribution >= 0.6 is 0 Å². The van der Waals surface area contributed by atoms with E-state index in [0.29, 0.717) is 0 Å². The Bertz CT molecular complexity index is 483. The highest BCUT2D eigenvalue weighted by molar-refractivity contribution is 5.87. The van der Waals surface area contributed by atoms with Crippen molar-refractivity contribution in [1.82, 2.24) is 4.98 Å². The number of carbonyl (C=O) groups is 1.